The number of benzene rings is 1. The summed E-state index contributed by atoms with van der Waals surface area (Å²) in [5.74, 6) is 0. The van der Waals surface area contributed by atoms with Crippen LogP contribution in [0.4, 0.5) is 10.5 Å². The van der Waals surface area contributed by atoms with Gasteiger partial charge in [-0.05, 0) is 43.9 Å². The van der Waals surface area contributed by atoms with Crippen LogP contribution in [0.25, 0.3) is 5.69 Å². The Balaban J connectivity index is 1.36. The number of carbonyl (C=O) groups is 1. The third kappa shape index (κ3) is 4.12. The van der Waals surface area contributed by atoms with Crippen LogP contribution in [-0.2, 0) is 4.74 Å². The van der Waals surface area contributed by atoms with Crippen LogP contribution >= 0.6 is 0 Å². The first-order valence-corrected chi connectivity index (χ1v) is 9.54. The van der Waals surface area contributed by atoms with Gasteiger partial charge in [-0.1, -0.05) is 11.3 Å². The number of hydrogen-bond acceptors (Lipinski definition) is 5. The maximum atomic E-state index is 12.5. The highest BCUT2D eigenvalue weighted by molar-refractivity contribution is 5.89. The molecule has 1 saturated carbocycles. The Morgan fingerprint density at radius 1 is 1.30 bits per heavy atom. The second kappa shape index (κ2) is 8.06. The number of nitrogens with zero attached hydrogens (tertiary/aromatic N) is 4. The number of amides is 2. The molecule has 2 amide bonds. The van der Waals surface area contributed by atoms with Gasteiger partial charge in [0.2, 0.25) is 0 Å². The fraction of sp³-hybridized carbons (Fsp3) is 0.526. The van der Waals surface area contributed by atoms with Gasteiger partial charge in [0.15, 0.2) is 0 Å². The van der Waals surface area contributed by atoms with Crippen molar-refractivity contribution in [2.45, 2.75) is 43.9 Å². The molecule has 2 N–H and O–H groups in total. The van der Waals surface area contributed by atoms with Gasteiger partial charge >= 0.3 is 6.03 Å². The molecular weight excluding hydrogens is 344 g/mol. The van der Waals surface area contributed by atoms with E-state index in [4.69, 9.17) is 4.74 Å². The van der Waals surface area contributed by atoms with Gasteiger partial charge in [-0.15, -0.1) is 5.10 Å². The lowest BCUT2D eigenvalue weighted by molar-refractivity contribution is 0.0985. The lowest BCUT2D eigenvalue weighted by atomic mass is 10.1. The van der Waals surface area contributed by atoms with Crippen molar-refractivity contribution in [3.63, 3.8) is 0 Å². The molecule has 27 heavy (non-hydrogen) atoms. The van der Waals surface area contributed by atoms with Crippen molar-refractivity contribution in [2.24, 2.45) is 0 Å². The number of rotatable bonds is 5. The van der Waals surface area contributed by atoms with E-state index in [-0.39, 0.29) is 12.1 Å². The summed E-state index contributed by atoms with van der Waals surface area (Å²) in [6.07, 6.45) is 8.08. The number of carbonyl (C=O) groups excluding carboxylic acids is 1. The van der Waals surface area contributed by atoms with Gasteiger partial charge in [0.25, 0.3) is 0 Å². The molecular formula is C19H26N6O2. The van der Waals surface area contributed by atoms with Crippen molar-refractivity contribution in [3.05, 3.63) is 36.7 Å². The molecule has 1 saturated heterocycles. The molecule has 0 radical (unpaired) electrons. The Bertz CT molecular complexity index is 765. The average molecular weight is 370 g/mol. The molecule has 2 fully saturated rings. The zero-order chi connectivity index (χ0) is 18.6. The molecule has 8 nitrogen and oxygen atoms in total. The molecule has 1 unspecified atom stereocenters. The molecule has 4 rings (SSSR count). The standard InChI is InChI=1S/C19H26N6O2/c1-27-16-8-10-24(13-16)18-7-3-6-17(18)22-19(26)21-14-4-2-5-15(12-14)25-11-9-20-23-25/h2,4-5,9,11-12,16-18H,3,6-8,10,13H2,1H3,(H2,21,22,26)/t16?,17-,18+/m0/s1. The van der Waals surface area contributed by atoms with Gasteiger partial charge in [0, 0.05) is 38.0 Å². The molecule has 1 aliphatic carbocycles. The van der Waals surface area contributed by atoms with Gasteiger partial charge in [-0.25, -0.2) is 9.48 Å². The first-order valence-electron chi connectivity index (χ1n) is 9.54. The third-order valence-electron chi connectivity index (χ3n) is 5.57. The highest BCUT2D eigenvalue weighted by Crippen LogP contribution is 2.28. The number of methoxy groups -OCH3 is 1. The average Bonchev–Trinajstić information content (AvgIpc) is 3.43. The summed E-state index contributed by atoms with van der Waals surface area (Å²) in [7, 11) is 1.78. The van der Waals surface area contributed by atoms with Crippen LogP contribution in [0.5, 0.6) is 0 Å². The second-order valence-electron chi connectivity index (χ2n) is 7.24. The van der Waals surface area contributed by atoms with Crippen LogP contribution < -0.4 is 10.6 Å². The van der Waals surface area contributed by atoms with Crippen LogP contribution in [0.15, 0.2) is 36.7 Å². The summed E-state index contributed by atoms with van der Waals surface area (Å²) in [6, 6.07) is 7.98. The third-order valence-corrected chi connectivity index (χ3v) is 5.57. The van der Waals surface area contributed by atoms with E-state index in [1.807, 2.05) is 24.3 Å². The SMILES string of the molecule is COC1CCN([C@@H]2CCC[C@@H]2NC(=O)Nc2cccc(-n3ccnn3)c2)C1. The van der Waals surface area contributed by atoms with E-state index >= 15 is 0 Å². The van der Waals surface area contributed by atoms with Crippen LogP contribution in [-0.4, -0.2) is 64.3 Å². The number of nitrogens with one attached hydrogen (secondary N) is 2. The van der Waals surface area contributed by atoms with E-state index in [0.717, 1.165) is 50.1 Å². The van der Waals surface area contributed by atoms with E-state index in [1.165, 1.54) is 0 Å². The second-order valence-corrected chi connectivity index (χ2v) is 7.24. The number of ether oxygens (including phenoxy) is 1. The Kier molecular flexibility index (Phi) is 5.35. The zero-order valence-electron chi connectivity index (χ0n) is 15.5. The lowest BCUT2D eigenvalue weighted by Crippen LogP contribution is -2.49. The van der Waals surface area contributed by atoms with Crippen molar-refractivity contribution < 1.29 is 9.53 Å². The fourth-order valence-corrected chi connectivity index (χ4v) is 4.20. The van der Waals surface area contributed by atoms with Gasteiger partial charge in [0.05, 0.1) is 24.2 Å². The Hall–Kier alpha value is -2.45. The number of urea groups is 1. The maximum absolute atomic E-state index is 12.5. The summed E-state index contributed by atoms with van der Waals surface area (Å²) < 4.78 is 7.15. The minimum atomic E-state index is -0.162. The van der Waals surface area contributed by atoms with E-state index in [9.17, 15) is 4.79 Å². The topological polar surface area (TPSA) is 84.3 Å². The number of likely N-dealkylation sites (tertiary alicyclic amines) is 1. The molecule has 8 heteroatoms. The van der Waals surface area contributed by atoms with E-state index in [0.29, 0.717) is 12.1 Å². The van der Waals surface area contributed by atoms with Gasteiger partial charge in [-0.3, -0.25) is 4.90 Å². The molecule has 2 aliphatic rings. The fourth-order valence-electron chi connectivity index (χ4n) is 4.20. The summed E-state index contributed by atoms with van der Waals surface area (Å²) in [4.78, 5) is 15.0. The summed E-state index contributed by atoms with van der Waals surface area (Å²) >= 11 is 0. The summed E-state index contributed by atoms with van der Waals surface area (Å²) in [5, 5.41) is 13.9. The zero-order valence-corrected chi connectivity index (χ0v) is 15.5. The molecule has 1 aromatic carbocycles. The Labute approximate surface area is 158 Å². The minimum absolute atomic E-state index is 0.162. The first kappa shape index (κ1) is 17.9. The van der Waals surface area contributed by atoms with E-state index in [2.05, 4.69) is 25.8 Å². The smallest absolute Gasteiger partial charge is 0.319 e. The summed E-state index contributed by atoms with van der Waals surface area (Å²) in [5.41, 5.74) is 1.59. The Morgan fingerprint density at radius 3 is 3.00 bits per heavy atom. The molecule has 0 spiro atoms. The van der Waals surface area contributed by atoms with Gasteiger partial charge < -0.3 is 15.4 Å². The predicted molar refractivity (Wildman–Crippen MR) is 102 cm³/mol. The van der Waals surface area contributed by atoms with Crippen LogP contribution in [0.3, 0.4) is 0 Å². The number of aromatic nitrogens is 3. The molecule has 1 aromatic heterocycles. The van der Waals surface area contributed by atoms with Crippen molar-refractivity contribution in [3.8, 4) is 5.69 Å². The first-order chi connectivity index (χ1) is 13.2. The minimum Gasteiger partial charge on any atom is -0.380 e. The molecule has 2 heterocycles. The van der Waals surface area contributed by atoms with Crippen LogP contribution in [0, 0.1) is 0 Å². The quantitative estimate of drug-likeness (QED) is 0.841. The maximum Gasteiger partial charge on any atom is 0.319 e. The molecule has 0 bridgehead atoms. The van der Waals surface area contributed by atoms with Crippen molar-refractivity contribution in [1.29, 1.82) is 0 Å². The van der Waals surface area contributed by atoms with E-state index < -0.39 is 0 Å². The monoisotopic (exact) mass is 370 g/mol. The van der Waals surface area contributed by atoms with E-state index in [1.54, 1.807) is 24.2 Å². The number of hydrogen-bond donors (Lipinski definition) is 2. The normalized spacial score (nSPS) is 25.6. The Morgan fingerprint density at radius 2 is 2.22 bits per heavy atom. The van der Waals surface area contributed by atoms with Crippen molar-refractivity contribution in [1.82, 2.24) is 25.2 Å². The van der Waals surface area contributed by atoms with Gasteiger partial charge in [-0.2, -0.15) is 0 Å². The number of anilines is 1. The highest BCUT2D eigenvalue weighted by Gasteiger charge is 2.36. The molecule has 144 valence electrons. The highest BCUT2D eigenvalue weighted by atomic mass is 16.5. The van der Waals surface area contributed by atoms with Crippen LogP contribution in [0.1, 0.15) is 25.7 Å². The largest absolute Gasteiger partial charge is 0.380 e. The van der Waals surface area contributed by atoms with Gasteiger partial charge in [0.1, 0.15) is 0 Å². The lowest BCUT2D eigenvalue weighted by Gasteiger charge is -2.30. The van der Waals surface area contributed by atoms with Crippen molar-refractivity contribution in [2.75, 3.05) is 25.5 Å². The van der Waals surface area contributed by atoms with Crippen molar-refractivity contribution >= 4 is 11.7 Å². The predicted octanol–water partition coefficient (Wildman–Crippen LogP) is 2.03. The van der Waals surface area contributed by atoms with Crippen LogP contribution in [0.2, 0.25) is 0 Å². The molecule has 1 aliphatic heterocycles. The molecule has 3 atom stereocenters. The summed E-state index contributed by atoms with van der Waals surface area (Å²) in [6.45, 7) is 2.00. The molecule has 2 aromatic rings.